The van der Waals surface area contributed by atoms with Crippen molar-refractivity contribution < 1.29 is 14.1 Å². The summed E-state index contributed by atoms with van der Waals surface area (Å²) in [5.41, 5.74) is 0.781. The molecule has 2 aliphatic rings. The zero-order valence-electron chi connectivity index (χ0n) is 13.9. The molecule has 3 rings (SSSR count). The van der Waals surface area contributed by atoms with E-state index >= 15 is 0 Å². The molecule has 1 aliphatic carbocycles. The number of quaternary nitrogens is 1. The van der Waals surface area contributed by atoms with Crippen LogP contribution in [0, 0.1) is 11.7 Å². The van der Waals surface area contributed by atoms with Crippen LogP contribution in [0.4, 0.5) is 4.39 Å². The number of hydrogen-bond donors (Lipinski definition) is 1. The minimum Gasteiger partial charge on any atom is -0.331 e. The monoisotopic (exact) mass is 319 g/mol. The molecular weight excluding hydrogens is 291 g/mol. The Bertz CT molecular complexity index is 520. The van der Waals surface area contributed by atoms with Crippen molar-refractivity contribution in [2.45, 2.75) is 45.1 Å². The summed E-state index contributed by atoms with van der Waals surface area (Å²) >= 11 is 0. The molecule has 0 radical (unpaired) electrons. The van der Waals surface area contributed by atoms with E-state index in [0.717, 1.165) is 50.6 Å². The van der Waals surface area contributed by atoms with Crippen LogP contribution in [0.1, 0.15) is 44.1 Å². The first-order valence-electron chi connectivity index (χ1n) is 9.07. The number of carbonyl (C=O) groups excluding carboxylic acids is 1. The molecule has 1 aromatic rings. The number of halogens is 1. The van der Waals surface area contributed by atoms with Crippen LogP contribution in [0.2, 0.25) is 0 Å². The lowest BCUT2D eigenvalue weighted by molar-refractivity contribution is -0.917. The van der Waals surface area contributed by atoms with Gasteiger partial charge in [0.1, 0.15) is 12.4 Å². The van der Waals surface area contributed by atoms with Gasteiger partial charge in [-0.1, -0.05) is 43.9 Å². The van der Waals surface area contributed by atoms with Crippen molar-refractivity contribution >= 4 is 5.91 Å². The van der Waals surface area contributed by atoms with Crippen LogP contribution < -0.4 is 4.90 Å². The molecular formula is C19H28FN2O+. The summed E-state index contributed by atoms with van der Waals surface area (Å²) < 4.78 is 13.7. The normalized spacial score (nSPS) is 20.1. The van der Waals surface area contributed by atoms with Gasteiger partial charge in [-0.2, -0.15) is 0 Å². The molecule has 126 valence electrons. The quantitative estimate of drug-likeness (QED) is 0.882. The summed E-state index contributed by atoms with van der Waals surface area (Å²) in [7, 11) is 0. The van der Waals surface area contributed by atoms with E-state index in [9.17, 15) is 9.18 Å². The predicted octanol–water partition coefficient (Wildman–Crippen LogP) is 2.02. The highest BCUT2D eigenvalue weighted by atomic mass is 19.1. The first-order chi connectivity index (χ1) is 11.2. The van der Waals surface area contributed by atoms with Crippen molar-refractivity contribution in [2.75, 3.05) is 26.2 Å². The molecule has 0 bridgehead atoms. The molecule has 1 N–H and O–H groups in total. The predicted molar refractivity (Wildman–Crippen MR) is 88.6 cm³/mol. The second-order valence-corrected chi connectivity index (χ2v) is 7.09. The zero-order chi connectivity index (χ0) is 16.1. The largest absolute Gasteiger partial charge is 0.331 e. The molecule has 4 heteroatoms. The maximum atomic E-state index is 13.7. The van der Waals surface area contributed by atoms with E-state index < -0.39 is 0 Å². The standard InChI is InChI=1S/C19H27FN2O/c20-18-8-4-3-7-17(18)15-21-11-13-22(14-12-21)19(23)10-9-16-5-1-2-6-16/h3-4,7-8,16H,1-2,5-6,9-15H2/p+1. The molecule has 1 saturated heterocycles. The molecule has 1 amide bonds. The molecule has 1 saturated carbocycles. The number of rotatable bonds is 5. The maximum Gasteiger partial charge on any atom is 0.222 e. The lowest BCUT2D eigenvalue weighted by Crippen LogP contribution is -3.13. The number of hydrogen-bond acceptors (Lipinski definition) is 1. The summed E-state index contributed by atoms with van der Waals surface area (Å²) in [5, 5.41) is 0. The smallest absolute Gasteiger partial charge is 0.222 e. The maximum absolute atomic E-state index is 13.7. The van der Waals surface area contributed by atoms with E-state index in [-0.39, 0.29) is 5.82 Å². The molecule has 3 nitrogen and oxygen atoms in total. The summed E-state index contributed by atoms with van der Waals surface area (Å²) in [5.74, 6) is 0.990. The van der Waals surface area contributed by atoms with E-state index in [2.05, 4.69) is 0 Å². The highest BCUT2D eigenvalue weighted by Crippen LogP contribution is 2.28. The molecule has 0 aromatic heterocycles. The van der Waals surface area contributed by atoms with Gasteiger partial charge in [-0.3, -0.25) is 4.79 Å². The average molecular weight is 319 g/mol. The summed E-state index contributed by atoms with van der Waals surface area (Å²) in [4.78, 5) is 15.7. The van der Waals surface area contributed by atoms with Gasteiger partial charge >= 0.3 is 0 Å². The fraction of sp³-hybridized carbons (Fsp3) is 0.632. The van der Waals surface area contributed by atoms with Crippen molar-refractivity contribution in [3.05, 3.63) is 35.6 Å². The Morgan fingerprint density at radius 3 is 2.57 bits per heavy atom. The molecule has 0 atom stereocenters. The minimum absolute atomic E-state index is 0.116. The van der Waals surface area contributed by atoms with E-state index in [4.69, 9.17) is 0 Å². The van der Waals surface area contributed by atoms with Crippen LogP contribution >= 0.6 is 0 Å². The topological polar surface area (TPSA) is 24.8 Å². The fourth-order valence-corrected chi connectivity index (χ4v) is 3.94. The van der Waals surface area contributed by atoms with Crippen molar-refractivity contribution in [1.29, 1.82) is 0 Å². The fourth-order valence-electron chi connectivity index (χ4n) is 3.94. The third kappa shape index (κ3) is 4.54. The Kier molecular flexibility index (Phi) is 5.65. The van der Waals surface area contributed by atoms with Crippen molar-refractivity contribution in [3.63, 3.8) is 0 Å². The second-order valence-electron chi connectivity index (χ2n) is 7.09. The Hall–Kier alpha value is -1.42. The third-order valence-electron chi connectivity index (χ3n) is 5.46. The lowest BCUT2D eigenvalue weighted by atomic mass is 10.0. The third-order valence-corrected chi connectivity index (χ3v) is 5.46. The van der Waals surface area contributed by atoms with E-state index in [1.54, 1.807) is 6.07 Å². The number of amides is 1. The van der Waals surface area contributed by atoms with Gasteiger partial charge in [0.25, 0.3) is 0 Å². The number of carbonyl (C=O) groups is 1. The first kappa shape index (κ1) is 16.4. The summed E-state index contributed by atoms with van der Waals surface area (Å²) in [6.45, 7) is 4.18. The van der Waals surface area contributed by atoms with Crippen LogP contribution in [0.15, 0.2) is 24.3 Å². The van der Waals surface area contributed by atoms with Gasteiger partial charge in [0.15, 0.2) is 0 Å². The highest BCUT2D eigenvalue weighted by molar-refractivity contribution is 5.76. The SMILES string of the molecule is O=C(CCC1CCCC1)N1CC[NH+](Cc2ccccc2F)CC1. The van der Waals surface area contributed by atoms with Gasteiger partial charge in [0, 0.05) is 12.0 Å². The molecule has 1 aromatic carbocycles. The summed E-state index contributed by atoms with van der Waals surface area (Å²) in [6, 6.07) is 7.01. The Labute approximate surface area is 138 Å². The highest BCUT2D eigenvalue weighted by Gasteiger charge is 2.25. The van der Waals surface area contributed by atoms with Crippen LogP contribution in [-0.2, 0) is 11.3 Å². The summed E-state index contributed by atoms with van der Waals surface area (Å²) in [6.07, 6.45) is 7.10. The lowest BCUT2D eigenvalue weighted by Gasteiger charge is -2.32. The number of nitrogens with one attached hydrogen (secondary N) is 1. The molecule has 1 aliphatic heterocycles. The van der Waals surface area contributed by atoms with Crippen LogP contribution in [0.5, 0.6) is 0 Å². The van der Waals surface area contributed by atoms with E-state index in [0.29, 0.717) is 12.3 Å². The van der Waals surface area contributed by atoms with E-state index in [1.165, 1.54) is 36.6 Å². The van der Waals surface area contributed by atoms with E-state index in [1.807, 2.05) is 17.0 Å². The Morgan fingerprint density at radius 1 is 1.17 bits per heavy atom. The zero-order valence-corrected chi connectivity index (χ0v) is 13.9. The van der Waals surface area contributed by atoms with Crippen molar-refractivity contribution in [3.8, 4) is 0 Å². The number of benzene rings is 1. The Balaban J connectivity index is 1.41. The molecule has 1 heterocycles. The number of nitrogens with zero attached hydrogens (tertiary/aromatic N) is 1. The van der Waals surface area contributed by atoms with Gasteiger partial charge in [0.05, 0.1) is 26.2 Å². The van der Waals surface area contributed by atoms with Gasteiger partial charge < -0.3 is 9.80 Å². The van der Waals surface area contributed by atoms with Gasteiger partial charge in [0.2, 0.25) is 5.91 Å². The van der Waals surface area contributed by atoms with Crippen molar-refractivity contribution in [1.82, 2.24) is 4.90 Å². The first-order valence-corrected chi connectivity index (χ1v) is 9.07. The van der Waals surface area contributed by atoms with Crippen LogP contribution in [0.3, 0.4) is 0 Å². The van der Waals surface area contributed by atoms with Crippen molar-refractivity contribution in [2.24, 2.45) is 5.92 Å². The molecule has 2 fully saturated rings. The minimum atomic E-state index is -0.116. The molecule has 23 heavy (non-hydrogen) atoms. The van der Waals surface area contributed by atoms with Gasteiger partial charge in [-0.25, -0.2) is 4.39 Å². The van der Waals surface area contributed by atoms with Gasteiger partial charge in [-0.05, 0) is 18.4 Å². The second kappa shape index (κ2) is 7.91. The molecule has 0 unspecified atom stereocenters. The number of piperazine rings is 1. The van der Waals surface area contributed by atoms with Crippen LogP contribution in [-0.4, -0.2) is 37.0 Å². The Morgan fingerprint density at radius 2 is 1.87 bits per heavy atom. The average Bonchev–Trinajstić information content (AvgIpc) is 3.09. The van der Waals surface area contributed by atoms with Gasteiger partial charge in [-0.15, -0.1) is 0 Å². The molecule has 0 spiro atoms. The van der Waals surface area contributed by atoms with Crippen LogP contribution in [0.25, 0.3) is 0 Å².